The zero-order chi connectivity index (χ0) is 10.9. The first-order valence-electron chi connectivity index (χ1n) is 4.57. The van der Waals surface area contributed by atoms with Gasteiger partial charge in [-0.05, 0) is 27.9 Å². The third kappa shape index (κ3) is 2.04. The molecule has 0 saturated carbocycles. The van der Waals surface area contributed by atoms with Crippen LogP contribution in [0.1, 0.15) is 13.8 Å². The summed E-state index contributed by atoms with van der Waals surface area (Å²) in [5, 5.41) is 8.82. The predicted molar refractivity (Wildman–Crippen MR) is 52.6 cm³/mol. The third-order valence-corrected chi connectivity index (χ3v) is 2.40. The Morgan fingerprint density at radius 2 is 2.21 bits per heavy atom. The number of carboxylic acids is 1. The van der Waals surface area contributed by atoms with E-state index in [0.717, 1.165) is 0 Å². The average Bonchev–Trinajstić information content (AvgIpc) is 2.45. The zero-order valence-electron chi connectivity index (χ0n) is 8.89. The molecule has 0 aromatic heterocycles. The first-order chi connectivity index (χ1) is 6.43. The molecule has 1 N–H and O–H groups in total. The quantitative estimate of drug-likeness (QED) is 0.707. The molecule has 14 heavy (non-hydrogen) atoms. The molecular weight excluding hydrogens is 184 g/mol. The minimum Gasteiger partial charge on any atom is -0.480 e. The van der Waals surface area contributed by atoms with Crippen LogP contribution in [0.4, 0.5) is 0 Å². The van der Waals surface area contributed by atoms with Crippen molar-refractivity contribution in [2.24, 2.45) is 4.99 Å². The van der Waals surface area contributed by atoms with Gasteiger partial charge in [-0.15, -0.1) is 0 Å². The van der Waals surface area contributed by atoms with Crippen molar-refractivity contribution in [3.05, 3.63) is 0 Å². The summed E-state index contributed by atoms with van der Waals surface area (Å²) in [5.74, 6) is -0.423. The second-order valence-corrected chi connectivity index (χ2v) is 3.71. The van der Waals surface area contributed by atoms with Crippen molar-refractivity contribution in [3.63, 3.8) is 0 Å². The van der Waals surface area contributed by atoms with Crippen LogP contribution >= 0.6 is 0 Å². The summed E-state index contributed by atoms with van der Waals surface area (Å²) in [7, 11) is 3.80. The van der Waals surface area contributed by atoms with E-state index in [2.05, 4.69) is 4.99 Å². The molecule has 0 fully saturated rings. The molecule has 1 aliphatic heterocycles. The molecule has 80 valence electrons. The number of carbonyl (C=O) groups is 1. The number of nitrogens with zero attached hydrogens (tertiary/aromatic N) is 2. The monoisotopic (exact) mass is 200 g/mol. The summed E-state index contributed by atoms with van der Waals surface area (Å²) in [5.41, 5.74) is 0. The molecule has 5 nitrogen and oxygen atoms in total. The molecular formula is C9H16N2O3. The molecule has 0 radical (unpaired) electrons. The summed E-state index contributed by atoms with van der Waals surface area (Å²) in [6.45, 7) is 3.65. The van der Waals surface area contributed by atoms with E-state index in [1.807, 2.05) is 25.9 Å². The van der Waals surface area contributed by atoms with Crippen LogP contribution in [0.5, 0.6) is 0 Å². The second kappa shape index (κ2) is 3.96. The Morgan fingerprint density at radius 1 is 1.64 bits per heavy atom. The highest BCUT2D eigenvalue weighted by molar-refractivity contribution is 5.88. The Balaban J connectivity index is 2.75. The largest absolute Gasteiger partial charge is 0.480 e. The Morgan fingerprint density at radius 3 is 2.57 bits per heavy atom. The number of hydrogen-bond acceptors (Lipinski definition) is 4. The van der Waals surface area contributed by atoms with Crippen molar-refractivity contribution in [2.45, 2.75) is 32.0 Å². The maximum Gasteiger partial charge on any atom is 0.332 e. The van der Waals surface area contributed by atoms with Gasteiger partial charge in [-0.25, -0.2) is 9.79 Å². The number of carboxylic acid groups (broad SMARTS) is 1. The number of ether oxygens (including phenoxy) is 1. The zero-order valence-corrected chi connectivity index (χ0v) is 8.89. The van der Waals surface area contributed by atoms with Crippen LogP contribution in [0.2, 0.25) is 0 Å². The van der Waals surface area contributed by atoms with Gasteiger partial charge in [0, 0.05) is 0 Å². The van der Waals surface area contributed by atoms with E-state index in [9.17, 15) is 4.79 Å². The standard InChI is InChI=1S/C9H16N2O3/c1-5(11(3)4)8-10-7(9(12)13)6(2)14-8/h5-7H,1-4H3,(H,12,13)/t5-,6+,7-/m0/s1. The highest BCUT2D eigenvalue weighted by Crippen LogP contribution is 2.16. The molecule has 1 rings (SSSR count). The van der Waals surface area contributed by atoms with Crippen LogP contribution in [0, 0.1) is 0 Å². The Kier molecular flexibility index (Phi) is 3.10. The van der Waals surface area contributed by atoms with Crippen LogP contribution in [-0.2, 0) is 9.53 Å². The lowest BCUT2D eigenvalue weighted by molar-refractivity contribution is -0.139. The van der Waals surface area contributed by atoms with E-state index in [1.54, 1.807) is 6.92 Å². The average molecular weight is 200 g/mol. The van der Waals surface area contributed by atoms with Gasteiger partial charge >= 0.3 is 5.97 Å². The molecule has 0 aromatic rings. The van der Waals surface area contributed by atoms with Gasteiger partial charge in [-0.1, -0.05) is 0 Å². The summed E-state index contributed by atoms with van der Waals surface area (Å²) in [6.07, 6.45) is -0.370. The van der Waals surface area contributed by atoms with Gasteiger partial charge in [0.15, 0.2) is 6.04 Å². The molecule has 0 amide bonds. The Labute approximate surface area is 83.4 Å². The maximum absolute atomic E-state index is 10.7. The third-order valence-electron chi connectivity index (χ3n) is 2.40. The van der Waals surface area contributed by atoms with E-state index < -0.39 is 12.0 Å². The number of hydrogen-bond donors (Lipinski definition) is 1. The Hall–Kier alpha value is -1.10. The summed E-state index contributed by atoms with van der Waals surface area (Å²) in [4.78, 5) is 16.7. The fourth-order valence-corrected chi connectivity index (χ4v) is 1.21. The molecule has 0 aliphatic carbocycles. The van der Waals surface area contributed by atoms with Gasteiger partial charge in [-0.2, -0.15) is 0 Å². The predicted octanol–water partition coefficient (Wildman–Crippen LogP) is 0.207. The van der Waals surface area contributed by atoms with Gasteiger partial charge in [-0.3, -0.25) is 4.90 Å². The molecule has 0 bridgehead atoms. The molecule has 0 aromatic carbocycles. The minimum atomic E-state index is -0.932. The van der Waals surface area contributed by atoms with E-state index in [-0.39, 0.29) is 12.1 Å². The van der Waals surface area contributed by atoms with Gasteiger partial charge in [0.1, 0.15) is 6.10 Å². The summed E-state index contributed by atoms with van der Waals surface area (Å²) < 4.78 is 5.39. The van der Waals surface area contributed by atoms with Crippen molar-refractivity contribution in [2.75, 3.05) is 14.1 Å². The lowest BCUT2D eigenvalue weighted by atomic mass is 10.2. The number of aliphatic carboxylic acids is 1. The molecule has 1 heterocycles. The van der Waals surface area contributed by atoms with Crippen molar-refractivity contribution in [1.29, 1.82) is 0 Å². The van der Waals surface area contributed by atoms with E-state index >= 15 is 0 Å². The highest BCUT2D eigenvalue weighted by Gasteiger charge is 2.35. The Bertz CT molecular complexity index is 263. The van der Waals surface area contributed by atoms with Crippen LogP contribution in [0.3, 0.4) is 0 Å². The smallest absolute Gasteiger partial charge is 0.332 e. The van der Waals surface area contributed by atoms with Crippen molar-refractivity contribution < 1.29 is 14.6 Å². The lowest BCUT2D eigenvalue weighted by Crippen LogP contribution is -2.33. The van der Waals surface area contributed by atoms with Gasteiger partial charge in [0.2, 0.25) is 5.90 Å². The molecule has 0 unspecified atom stereocenters. The fraction of sp³-hybridized carbons (Fsp3) is 0.778. The normalized spacial score (nSPS) is 28.5. The first kappa shape index (κ1) is 11.0. The van der Waals surface area contributed by atoms with Gasteiger partial charge in [0.25, 0.3) is 0 Å². The SMILES string of the molecule is C[C@H]1OC([C@H](C)N(C)C)=N[C@@H]1C(=O)O. The molecule has 1 aliphatic rings. The molecule has 0 saturated heterocycles. The fourth-order valence-electron chi connectivity index (χ4n) is 1.21. The van der Waals surface area contributed by atoms with E-state index in [1.165, 1.54) is 0 Å². The van der Waals surface area contributed by atoms with Crippen molar-refractivity contribution >= 4 is 11.9 Å². The molecule has 0 spiro atoms. The maximum atomic E-state index is 10.7. The molecule has 5 heteroatoms. The number of rotatable bonds is 3. The highest BCUT2D eigenvalue weighted by atomic mass is 16.5. The number of likely N-dealkylation sites (N-methyl/N-ethyl adjacent to an activating group) is 1. The van der Waals surface area contributed by atoms with Crippen LogP contribution in [-0.4, -0.2) is 54.2 Å². The first-order valence-corrected chi connectivity index (χ1v) is 4.57. The van der Waals surface area contributed by atoms with E-state index in [0.29, 0.717) is 5.90 Å². The molecule has 3 atom stereocenters. The topological polar surface area (TPSA) is 62.1 Å². The second-order valence-electron chi connectivity index (χ2n) is 3.71. The van der Waals surface area contributed by atoms with Crippen LogP contribution in [0.25, 0.3) is 0 Å². The minimum absolute atomic E-state index is 0.0156. The van der Waals surface area contributed by atoms with Crippen LogP contribution in [0.15, 0.2) is 4.99 Å². The summed E-state index contributed by atoms with van der Waals surface area (Å²) >= 11 is 0. The van der Waals surface area contributed by atoms with Gasteiger partial charge in [0.05, 0.1) is 6.04 Å². The number of aliphatic imine (C=N–C) groups is 1. The summed E-state index contributed by atoms with van der Waals surface area (Å²) in [6, 6.07) is -0.741. The van der Waals surface area contributed by atoms with E-state index in [4.69, 9.17) is 9.84 Å². The van der Waals surface area contributed by atoms with Crippen LogP contribution < -0.4 is 0 Å². The van der Waals surface area contributed by atoms with Gasteiger partial charge < -0.3 is 9.84 Å². The van der Waals surface area contributed by atoms with Crippen molar-refractivity contribution in [3.8, 4) is 0 Å². The van der Waals surface area contributed by atoms with Crippen molar-refractivity contribution in [1.82, 2.24) is 4.90 Å². The lowest BCUT2D eigenvalue weighted by Gasteiger charge is -2.19.